The molecule has 1 saturated carbocycles. The van der Waals surface area contributed by atoms with Crippen molar-refractivity contribution in [1.82, 2.24) is 15.3 Å². The molecule has 0 atom stereocenters. The van der Waals surface area contributed by atoms with Crippen molar-refractivity contribution in [2.24, 2.45) is 0 Å². The van der Waals surface area contributed by atoms with E-state index in [0.29, 0.717) is 10.8 Å². The number of anilines is 1. The predicted octanol–water partition coefficient (Wildman–Crippen LogP) is 3.75. The van der Waals surface area contributed by atoms with E-state index >= 15 is 0 Å². The van der Waals surface area contributed by atoms with Crippen LogP contribution in [0.1, 0.15) is 33.6 Å². The fourth-order valence-electron chi connectivity index (χ4n) is 2.59. The molecule has 0 radical (unpaired) electrons. The van der Waals surface area contributed by atoms with Crippen molar-refractivity contribution in [2.75, 3.05) is 5.32 Å². The Morgan fingerprint density at radius 2 is 2.00 bits per heavy atom. The van der Waals surface area contributed by atoms with E-state index in [1.807, 2.05) is 26.8 Å². The zero-order chi connectivity index (χ0) is 17.3. The molecule has 1 heterocycles. The first kappa shape index (κ1) is 16.8. The van der Waals surface area contributed by atoms with Crippen molar-refractivity contribution in [3.05, 3.63) is 29.4 Å². The minimum Gasteiger partial charge on any atom is -0.444 e. The molecule has 0 unspecified atom stereocenters. The van der Waals surface area contributed by atoms with Crippen molar-refractivity contribution < 1.29 is 9.53 Å². The van der Waals surface area contributed by atoms with Gasteiger partial charge in [0.15, 0.2) is 0 Å². The zero-order valence-electron chi connectivity index (χ0n) is 14.0. The number of halogens is 1. The fourth-order valence-corrected chi connectivity index (χ4v) is 2.76. The van der Waals surface area contributed by atoms with Crippen LogP contribution >= 0.6 is 11.6 Å². The van der Waals surface area contributed by atoms with Crippen LogP contribution in [0.4, 0.5) is 10.6 Å². The molecule has 2 aromatic rings. The molecule has 1 fully saturated rings. The third-order valence-electron chi connectivity index (χ3n) is 3.72. The number of fused-ring (bicyclic) bond motifs is 1. The Hall–Kier alpha value is -2.08. The van der Waals surface area contributed by atoms with Crippen LogP contribution in [-0.4, -0.2) is 33.7 Å². The average molecular weight is 349 g/mol. The lowest BCUT2D eigenvalue weighted by molar-refractivity contribution is 0.0475. The number of ether oxygens (including phenoxy) is 1. The highest BCUT2D eigenvalue weighted by Crippen LogP contribution is 2.25. The summed E-state index contributed by atoms with van der Waals surface area (Å²) < 4.78 is 5.25. The zero-order valence-corrected chi connectivity index (χ0v) is 14.7. The minimum atomic E-state index is -0.479. The highest BCUT2D eigenvalue weighted by atomic mass is 35.5. The van der Waals surface area contributed by atoms with Gasteiger partial charge in [0.1, 0.15) is 11.4 Å². The van der Waals surface area contributed by atoms with Gasteiger partial charge in [0.2, 0.25) is 0 Å². The summed E-state index contributed by atoms with van der Waals surface area (Å²) in [6.45, 7) is 5.55. The fraction of sp³-hybridized carbons (Fsp3) is 0.471. The van der Waals surface area contributed by atoms with E-state index in [0.717, 1.165) is 23.9 Å². The molecule has 128 valence electrons. The van der Waals surface area contributed by atoms with Gasteiger partial charge < -0.3 is 15.4 Å². The number of nitrogens with one attached hydrogen (secondary N) is 2. The number of carbonyl (C=O) groups is 1. The Bertz CT molecular complexity index is 754. The normalized spacial score (nSPS) is 20.3. The summed E-state index contributed by atoms with van der Waals surface area (Å²) in [5.41, 5.74) is 1.09. The first-order chi connectivity index (χ1) is 11.3. The van der Waals surface area contributed by atoms with Crippen LogP contribution < -0.4 is 10.6 Å². The average Bonchev–Trinajstić information content (AvgIpc) is 2.42. The molecule has 0 aliphatic heterocycles. The second-order valence-corrected chi connectivity index (χ2v) is 7.48. The van der Waals surface area contributed by atoms with E-state index in [-0.39, 0.29) is 18.2 Å². The lowest BCUT2D eigenvalue weighted by Gasteiger charge is -2.36. The van der Waals surface area contributed by atoms with Crippen LogP contribution in [0, 0.1) is 0 Å². The molecule has 0 saturated heterocycles. The number of carbonyl (C=O) groups excluding carboxylic acids is 1. The number of alkyl carbamates (subject to hydrolysis) is 1. The molecule has 0 spiro atoms. The van der Waals surface area contributed by atoms with Crippen LogP contribution in [0.15, 0.2) is 24.4 Å². The highest BCUT2D eigenvalue weighted by molar-refractivity contribution is 6.31. The van der Waals surface area contributed by atoms with E-state index in [1.54, 1.807) is 18.3 Å². The summed E-state index contributed by atoms with van der Waals surface area (Å²) >= 11 is 5.99. The van der Waals surface area contributed by atoms with E-state index < -0.39 is 5.60 Å². The number of hydrogen-bond donors (Lipinski definition) is 2. The Morgan fingerprint density at radius 1 is 1.25 bits per heavy atom. The first-order valence-corrected chi connectivity index (χ1v) is 8.35. The molecule has 2 N–H and O–H groups in total. The summed E-state index contributed by atoms with van der Waals surface area (Å²) in [4.78, 5) is 20.6. The summed E-state index contributed by atoms with van der Waals surface area (Å²) in [5, 5.41) is 6.84. The monoisotopic (exact) mass is 348 g/mol. The van der Waals surface area contributed by atoms with Crippen molar-refractivity contribution in [2.45, 2.75) is 51.3 Å². The number of hydrogen-bond acceptors (Lipinski definition) is 5. The smallest absolute Gasteiger partial charge is 0.407 e. The predicted molar refractivity (Wildman–Crippen MR) is 94.4 cm³/mol. The van der Waals surface area contributed by atoms with Gasteiger partial charge in [-0.05, 0) is 51.8 Å². The van der Waals surface area contributed by atoms with E-state index in [1.165, 1.54) is 0 Å². The molecule has 24 heavy (non-hydrogen) atoms. The summed E-state index contributed by atoms with van der Waals surface area (Å²) in [6, 6.07) is 5.82. The van der Waals surface area contributed by atoms with Crippen LogP contribution in [0.2, 0.25) is 5.02 Å². The highest BCUT2D eigenvalue weighted by Gasteiger charge is 2.31. The number of nitrogens with zero attached hydrogens (tertiary/aromatic N) is 2. The molecule has 0 bridgehead atoms. The molecule has 1 aromatic heterocycles. The van der Waals surface area contributed by atoms with Crippen LogP contribution in [0.3, 0.4) is 0 Å². The van der Waals surface area contributed by atoms with Crippen molar-refractivity contribution in [3.63, 3.8) is 0 Å². The van der Waals surface area contributed by atoms with E-state index in [2.05, 4.69) is 20.6 Å². The van der Waals surface area contributed by atoms with Gasteiger partial charge in [-0.2, -0.15) is 0 Å². The summed E-state index contributed by atoms with van der Waals surface area (Å²) in [6.07, 6.45) is 3.00. The molecule has 1 aromatic carbocycles. The first-order valence-electron chi connectivity index (χ1n) is 7.97. The van der Waals surface area contributed by atoms with Crippen molar-refractivity contribution in [1.29, 1.82) is 0 Å². The van der Waals surface area contributed by atoms with Gasteiger partial charge in [0.25, 0.3) is 0 Å². The molecular weight excluding hydrogens is 328 g/mol. The van der Waals surface area contributed by atoms with Gasteiger partial charge in [-0.15, -0.1) is 0 Å². The largest absolute Gasteiger partial charge is 0.444 e. The molecular formula is C17H21ClN4O2. The van der Waals surface area contributed by atoms with Gasteiger partial charge in [-0.1, -0.05) is 11.6 Å². The van der Waals surface area contributed by atoms with Crippen LogP contribution in [0.5, 0.6) is 0 Å². The second-order valence-electron chi connectivity index (χ2n) is 7.04. The Morgan fingerprint density at radius 3 is 2.71 bits per heavy atom. The Balaban J connectivity index is 1.51. The lowest BCUT2D eigenvalue weighted by Crippen LogP contribution is -2.50. The maximum atomic E-state index is 11.7. The number of aromatic nitrogens is 2. The van der Waals surface area contributed by atoms with Crippen LogP contribution in [-0.2, 0) is 4.74 Å². The summed E-state index contributed by atoms with van der Waals surface area (Å²) in [5.74, 6) is 0.713. The van der Waals surface area contributed by atoms with E-state index in [9.17, 15) is 4.79 Å². The van der Waals surface area contributed by atoms with Gasteiger partial charge in [0.05, 0.1) is 17.2 Å². The maximum absolute atomic E-state index is 11.7. The van der Waals surface area contributed by atoms with Crippen LogP contribution in [0.25, 0.3) is 11.0 Å². The standard InChI is InChI=1S/C17H21ClN4O2/c1-17(2,3)24-16(23)21-12-7-11(8-12)20-15-9-19-13-5-4-10(18)6-14(13)22-15/h4-6,9,11-12H,7-8H2,1-3H3,(H,20,22)(H,21,23)/t11-,12-. The van der Waals surface area contributed by atoms with Gasteiger partial charge in [-0.25, -0.2) is 9.78 Å². The Labute approximate surface area is 146 Å². The molecule has 3 rings (SSSR count). The maximum Gasteiger partial charge on any atom is 0.407 e. The minimum absolute atomic E-state index is 0.125. The Kier molecular flexibility index (Phi) is 4.49. The molecule has 1 amide bonds. The lowest BCUT2D eigenvalue weighted by atomic mass is 9.87. The van der Waals surface area contributed by atoms with Crippen molar-refractivity contribution >= 4 is 34.5 Å². The number of benzene rings is 1. The van der Waals surface area contributed by atoms with E-state index in [4.69, 9.17) is 16.3 Å². The third kappa shape index (κ3) is 4.26. The number of rotatable bonds is 3. The molecule has 7 heteroatoms. The van der Waals surface area contributed by atoms with Gasteiger partial charge in [0, 0.05) is 17.1 Å². The quantitative estimate of drug-likeness (QED) is 0.883. The topological polar surface area (TPSA) is 76.1 Å². The number of amides is 1. The second kappa shape index (κ2) is 6.43. The van der Waals surface area contributed by atoms with Crippen molar-refractivity contribution in [3.8, 4) is 0 Å². The molecule has 1 aliphatic rings. The molecule has 6 nitrogen and oxygen atoms in total. The van der Waals surface area contributed by atoms with Gasteiger partial charge >= 0.3 is 6.09 Å². The summed E-state index contributed by atoms with van der Waals surface area (Å²) in [7, 11) is 0. The molecule has 1 aliphatic carbocycles. The SMILES string of the molecule is CC(C)(C)OC(=O)N[C@H]1C[C@H](Nc2cnc3ccc(Cl)cc3n2)C1. The van der Waals surface area contributed by atoms with Gasteiger partial charge in [-0.3, -0.25) is 4.98 Å². The third-order valence-corrected chi connectivity index (χ3v) is 3.95.